The van der Waals surface area contributed by atoms with E-state index in [2.05, 4.69) is 32.8 Å². The summed E-state index contributed by atoms with van der Waals surface area (Å²) in [6.07, 6.45) is 3.18. The lowest BCUT2D eigenvalue weighted by Crippen LogP contribution is -2.43. The van der Waals surface area contributed by atoms with Crippen LogP contribution in [0, 0.1) is 17.8 Å². The van der Waals surface area contributed by atoms with Crippen LogP contribution in [0.2, 0.25) is 0 Å². The van der Waals surface area contributed by atoms with Gasteiger partial charge in [0.25, 0.3) is 0 Å². The van der Waals surface area contributed by atoms with Crippen LogP contribution in [0.3, 0.4) is 0 Å². The van der Waals surface area contributed by atoms with Crippen LogP contribution in [-0.2, 0) is 9.53 Å². The summed E-state index contributed by atoms with van der Waals surface area (Å²) in [6.45, 7) is 4.29. The zero-order valence-electron chi connectivity index (χ0n) is 23.4. The Hall–Kier alpha value is -3.73. The zero-order chi connectivity index (χ0) is 28.3. The number of nitrogen functional groups attached to an aromatic ring is 1. The quantitative estimate of drug-likeness (QED) is 0.324. The van der Waals surface area contributed by atoms with Crippen LogP contribution in [-0.4, -0.2) is 78.9 Å². The van der Waals surface area contributed by atoms with E-state index >= 15 is 0 Å². The maximum atomic E-state index is 14.1. The Morgan fingerprint density at radius 1 is 1.17 bits per heavy atom. The van der Waals surface area contributed by atoms with Crippen molar-refractivity contribution in [2.75, 3.05) is 52.2 Å². The summed E-state index contributed by atoms with van der Waals surface area (Å²) in [7, 11) is 1.62. The Bertz CT molecular complexity index is 1350. The maximum Gasteiger partial charge on any atom is 0.226 e. The molecule has 0 aliphatic carbocycles. The van der Waals surface area contributed by atoms with Crippen LogP contribution in [0.4, 0.5) is 5.82 Å². The molecular weight excluding hydrogens is 520 g/mol. The predicted octanol–water partition coefficient (Wildman–Crippen LogP) is 2.45. The molecule has 0 spiro atoms. The third-order valence-corrected chi connectivity index (χ3v) is 8.80. The number of amides is 1. The van der Waals surface area contributed by atoms with Crippen molar-refractivity contribution in [3.63, 3.8) is 0 Å². The number of hydrogen-bond acceptors (Lipinski definition) is 8. The molecule has 2 aromatic carbocycles. The van der Waals surface area contributed by atoms with Crippen molar-refractivity contribution in [3.05, 3.63) is 71.9 Å². The largest absolute Gasteiger partial charge is 0.497 e. The van der Waals surface area contributed by atoms with Gasteiger partial charge in [0, 0.05) is 32.4 Å². The monoisotopic (exact) mass is 558 g/mol. The van der Waals surface area contributed by atoms with Gasteiger partial charge in [-0.3, -0.25) is 14.5 Å². The van der Waals surface area contributed by atoms with Crippen LogP contribution in [0.5, 0.6) is 5.75 Å². The Kier molecular flexibility index (Phi) is 8.04. The van der Waals surface area contributed by atoms with E-state index in [0.29, 0.717) is 37.7 Å². The number of ketones is 1. The molecule has 4 heterocycles. The van der Waals surface area contributed by atoms with Crippen molar-refractivity contribution >= 4 is 17.5 Å². The highest BCUT2D eigenvalue weighted by molar-refractivity contribution is 6.04. The van der Waals surface area contributed by atoms with Gasteiger partial charge in [0.05, 0.1) is 43.0 Å². The van der Waals surface area contributed by atoms with Crippen molar-refractivity contribution in [2.24, 2.45) is 17.8 Å². The number of methoxy groups -OCH3 is 1. The molecule has 10 heteroatoms. The molecule has 5 atom stereocenters. The number of carbonyl (C=O) groups excluding carboxylic acids is 2. The number of anilines is 1. The van der Waals surface area contributed by atoms with Crippen molar-refractivity contribution in [3.8, 4) is 11.4 Å². The molecule has 3 saturated heterocycles. The molecule has 1 unspecified atom stereocenters. The third-order valence-electron chi connectivity index (χ3n) is 8.80. The summed E-state index contributed by atoms with van der Waals surface area (Å²) >= 11 is 0. The van der Waals surface area contributed by atoms with E-state index in [0.717, 1.165) is 43.1 Å². The van der Waals surface area contributed by atoms with E-state index in [-0.39, 0.29) is 41.4 Å². The first-order valence-corrected chi connectivity index (χ1v) is 14.4. The van der Waals surface area contributed by atoms with Crippen molar-refractivity contribution in [1.29, 1.82) is 0 Å². The molecule has 3 aliphatic heterocycles. The van der Waals surface area contributed by atoms with Crippen LogP contribution in [0.25, 0.3) is 5.69 Å². The van der Waals surface area contributed by atoms with Gasteiger partial charge in [-0.2, -0.15) is 0 Å². The summed E-state index contributed by atoms with van der Waals surface area (Å²) in [5.41, 5.74) is 8.64. The fraction of sp³-hybridized carbons (Fsp3) is 0.452. The third kappa shape index (κ3) is 5.72. The molecule has 3 aromatic rings. The first-order valence-electron chi connectivity index (χ1n) is 14.4. The summed E-state index contributed by atoms with van der Waals surface area (Å²) in [5.74, 6) is 1.49. The minimum atomic E-state index is -0.304. The molecule has 1 amide bonds. The first kappa shape index (κ1) is 27.4. The molecule has 10 nitrogen and oxygen atoms in total. The number of hydrogen-bond donors (Lipinski definition) is 3. The first-order chi connectivity index (χ1) is 20.0. The van der Waals surface area contributed by atoms with Crippen LogP contribution in [0.15, 0.2) is 60.8 Å². The van der Waals surface area contributed by atoms with Crippen LogP contribution >= 0.6 is 0 Å². The summed E-state index contributed by atoms with van der Waals surface area (Å²) in [4.78, 5) is 29.5. The van der Waals surface area contributed by atoms with Gasteiger partial charge in [-0.1, -0.05) is 30.3 Å². The second-order valence-electron chi connectivity index (χ2n) is 11.3. The number of rotatable bonds is 10. The molecule has 0 saturated carbocycles. The van der Waals surface area contributed by atoms with Gasteiger partial charge in [-0.15, -0.1) is 5.10 Å². The van der Waals surface area contributed by atoms with Gasteiger partial charge >= 0.3 is 0 Å². The van der Waals surface area contributed by atoms with Gasteiger partial charge in [0.1, 0.15) is 5.75 Å². The highest BCUT2D eigenvalue weighted by atomic mass is 16.5. The maximum absolute atomic E-state index is 14.1. The minimum absolute atomic E-state index is 0.00172. The number of likely N-dealkylation sites (tertiary alicyclic amines) is 1. The topological polar surface area (TPSA) is 124 Å². The van der Waals surface area contributed by atoms with E-state index in [1.165, 1.54) is 0 Å². The number of nitrogens with two attached hydrogens (primary N) is 1. The lowest BCUT2D eigenvalue weighted by Gasteiger charge is -2.29. The molecule has 6 rings (SSSR count). The Labute approximate surface area is 240 Å². The average molecular weight is 559 g/mol. The van der Waals surface area contributed by atoms with Crippen LogP contribution < -0.4 is 21.1 Å². The molecule has 41 heavy (non-hydrogen) atoms. The van der Waals surface area contributed by atoms with Crippen LogP contribution in [0.1, 0.15) is 34.8 Å². The number of ether oxygens (including phenoxy) is 2. The fourth-order valence-electron chi connectivity index (χ4n) is 6.54. The smallest absolute Gasteiger partial charge is 0.226 e. The van der Waals surface area contributed by atoms with E-state index < -0.39 is 0 Å². The highest BCUT2D eigenvalue weighted by Gasteiger charge is 2.48. The lowest BCUT2D eigenvalue weighted by atomic mass is 9.89. The summed E-state index contributed by atoms with van der Waals surface area (Å²) in [5, 5.41) is 11.2. The Balaban J connectivity index is 1.21. The SMILES string of the molecule is COc1ccc(-n2cc(C(=O)[C@@H]3[C@@H]4CNC[C@H]4CN3CC[C@H](NC(=O)C3CCOC3)c3ccccc3)c(N)n2)cc1. The molecule has 3 fully saturated rings. The van der Waals surface area contributed by atoms with Crippen molar-refractivity contribution < 1.29 is 19.1 Å². The summed E-state index contributed by atoms with van der Waals surface area (Å²) < 4.78 is 12.4. The normalized spacial score (nSPS) is 24.7. The van der Waals surface area contributed by atoms with Gasteiger partial charge < -0.3 is 25.8 Å². The molecule has 0 radical (unpaired) electrons. The second kappa shape index (κ2) is 12.0. The second-order valence-corrected chi connectivity index (χ2v) is 11.3. The van der Waals surface area contributed by atoms with E-state index in [4.69, 9.17) is 15.2 Å². The molecule has 3 aliphatic rings. The number of nitrogens with one attached hydrogen (secondary N) is 2. The lowest BCUT2D eigenvalue weighted by molar-refractivity contribution is -0.125. The minimum Gasteiger partial charge on any atom is -0.497 e. The molecule has 4 N–H and O–H groups in total. The van der Waals surface area contributed by atoms with Gasteiger partial charge in [-0.25, -0.2) is 4.68 Å². The number of aromatic nitrogens is 2. The number of fused-ring (bicyclic) bond motifs is 1. The highest BCUT2D eigenvalue weighted by Crippen LogP contribution is 2.36. The molecular formula is C31H38N6O4. The van der Waals surface area contributed by atoms with Gasteiger partial charge in [0.15, 0.2) is 11.6 Å². The van der Waals surface area contributed by atoms with Crippen molar-refractivity contribution in [1.82, 2.24) is 25.3 Å². The number of nitrogens with zero attached hydrogens (tertiary/aromatic N) is 3. The molecule has 0 bridgehead atoms. The van der Waals surface area contributed by atoms with E-state index in [1.54, 1.807) is 18.0 Å². The standard InChI is InChI=1S/C31H38N6O4/c1-40-24-9-7-23(8-10-24)37-18-26(30(32)35-37)29(38)28-25-16-33-15-22(25)17-36(28)13-11-27(20-5-3-2-4-6-20)34-31(39)21-12-14-41-19-21/h2-10,18,21-22,25,27-28,33H,11-17,19H2,1H3,(H2,32,35)(H,34,39)/t21?,22-,25+,27-,28-/m0/s1. The fourth-order valence-corrected chi connectivity index (χ4v) is 6.54. The zero-order valence-corrected chi connectivity index (χ0v) is 23.4. The van der Waals surface area contributed by atoms with Crippen molar-refractivity contribution in [2.45, 2.75) is 24.9 Å². The number of Topliss-reactive ketones (excluding diaryl/α,β-unsaturated/α-hetero) is 1. The number of benzene rings is 2. The Morgan fingerprint density at radius 3 is 2.71 bits per heavy atom. The van der Waals surface area contributed by atoms with Gasteiger partial charge in [-0.05, 0) is 61.1 Å². The van der Waals surface area contributed by atoms with E-state index in [1.807, 2.05) is 42.5 Å². The molecule has 216 valence electrons. The van der Waals surface area contributed by atoms with Gasteiger partial charge in [0.2, 0.25) is 5.91 Å². The number of carbonyl (C=O) groups is 2. The Morgan fingerprint density at radius 2 is 1.98 bits per heavy atom. The summed E-state index contributed by atoms with van der Waals surface area (Å²) in [6, 6.07) is 17.1. The van der Waals surface area contributed by atoms with E-state index in [9.17, 15) is 9.59 Å². The molecule has 1 aromatic heterocycles. The predicted molar refractivity (Wildman–Crippen MR) is 155 cm³/mol. The average Bonchev–Trinajstić information content (AvgIpc) is 3.80.